The highest BCUT2D eigenvalue weighted by molar-refractivity contribution is 7.26. The van der Waals surface area contributed by atoms with Gasteiger partial charge in [0.2, 0.25) is 0 Å². The molecule has 0 aromatic carbocycles. The summed E-state index contributed by atoms with van der Waals surface area (Å²) in [6.45, 7) is 3.33. The van der Waals surface area contributed by atoms with Crippen LogP contribution in [0.1, 0.15) is 36.2 Å². The zero-order valence-corrected chi connectivity index (χ0v) is 14.0. The summed E-state index contributed by atoms with van der Waals surface area (Å²) in [7, 11) is 0. The Morgan fingerprint density at radius 1 is 1.20 bits per heavy atom. The minimum Gasteiger partial charge on any atom is -0.309 e. The molecule has 1 atom stereocenters. The van der Waals surface area contributed by atoms with Gasteiger partial charge in [-0.3, -0.25) is 0 Å². The summed E-state index contributed by atoms with van der Waals surface area (Å²) in [5.74, 6) is 0. The molecule has 1 N–H and O–H groups in total. The maximum atomic E-state index is 3.72. The Balaban J connectivity index is 1.72. The van der Waals surface area contributed by atoms with Crippen molar-refractivity contribution < 1.29 is 0 Å². The lowest BCUT2D eigenvalue weighted by Crippen LogP contribution is -2.21. The van der Waals surface area contributed by atoms with Crippen molar-refractivity contribution in [3.63, 3.8) is 0 Å². The molecule has 3 aromatic heterocycles. The van der Waals surface area contributed by atoms with E-state index in [-0.39, 0.29) is 0 Å². The Labute approximate surface area is 132 Å². The molecule has 0 amide bonds. The molecule has 0 saturated carbocycles. The summed E-state index contributed by atoms with van der Waals surface area (Å²) >= 11 is 5.59. The van der Waals surface area contributed by atoms with Gasteiger partial charge in [0.1, 0.15) is 0 Å². The zero-order chi connectivity index (χ0) is 13.8. The SMILES string of the molecule is CCCNC(CCc1ccsc1)c1cc2sccc2s1. The normalized spacial score (nSPS) is 13.1. The number of nitrogens with one attached hydrogen (secondary N) is 1. The molecular weight excluding hydrogens is 302 g/mol. The summed E-state index contributed by atoms with van der Waals surface area (Å²) in [6, 6.07) is 7.36. The third-order valence-corrected chi connectivity index (χ3v) is 6.38. The maximum absolute atomic E-state index is 3.72. The third kappa shape index (κ3) is 3.31. The van der Waals surface area contributed by atoms with Gasteiger partial charge in [-0.2, -0.15) is 11.3 Å². The molecule has 1 unspecified atom stereocenters. The predicted octanol–water partition coefficient (Wildman–Crippen LogP) is 5.70. The fraction of sp³-hybridized carbons (Fsp3) is 0.375. The second-order valence-electron chi connectivity index (χ2n) is 4.97. The van der Waals surface area contributed by atoms with Crippen molar-refractivity contribution in [2.45, 2.75) is 32.2 Å². The van der Waals surface area contributed by atoms with Gasteiger partial charge in [0.15, 0.2) is 0 Å². The van der Waals surface area contributed by atoms with Gasteiger partial charge in [-0.15, -0.1) is 22.7 Å². The van der Waals surface area contributed by atoms with E-state index in [4.69, 9.17) is 0 Å². The molecule has 3 rings (SSSR count). The Kier molecular flexibility index (Phi) is 4.89. The molecule has 0 saturated heterocycles. The summed E-state index contributed by atoms with van der Waals surface area (Å²) in [5, 5.41) is 10.3. The van der Waals surface area contributed by atoms with Crippen molar-refractivity contribution in [2.24, 2.45) is 0 Å². The second-order valence-corrected chi connectivity index (χ2v) is 7.82. The number of rotatable bonds is 7. The Morgan fingerprint density at radius 3 is 2.90 bits per heavy atom. The molecule has 0 aliphatic carbocycles. The first kappa shape index (κ1) is 14.3. The molecule has 0 bridgehead atoms. The van der Waals surface area contributed by atoms with Gasteiger partial charge in [0.05, 0.1) is 0 Å². The quantitative estimate of drug-likeness (QED) is 0.589. The number of thiophene rings is 3. The van der Waals surface area contributed by atoms with Crippen molar-refractivity contribution in [2.75, 3.05) is 6.54 Å². The first-order valence-electron chi connectivity index (χ1n) is 7.08. The number of hydrogen-bond donors (Lipinski definition) is 1. The Bertz CT molecular complexity index is 607. The standard InChI is InChI=1S/C16H19NS3/c1-2-7-17-13(4-3-12-5-8-18-11-12)15-10-16-14(20-15)6-9-19-16/h5-6,8-11,13,17H,2-4,7H2,1H3. The highest BCUT2D eigenvalue weighted by Crippen LogP contribution is 2.35. The van der Waals surface area contributed by atoms with Crippen LogP contribution in [0, 0.1) is 0 Å². The Hall–Kier alpha value is -0.680. The molecule has 1 nitrogen and oxygen atoms in total. The van der Waals surface area contributed by atoms with Crippen LogP contribution in [0.5, 0.6) is 0 Å². The molecule has 0 aliphatic rings. The van der Waals surface area contributed by atoms with Crippen molar-refractivity contribution in [3.05, 3.63) is 44.8 Å². The van der Waals surface area contributed by atoms with Gasteiger partial charge >= 0.3 is 0 Å². The lowest BCUT2D eigenvalue weighted by molar-refractivity contribution is 0.506. The van der Waals surface area contributed by atoms with E-state index in [0.717, 1.165) is 13.0 Å². The summed E-state index contributed by atoms with van der Waals surface area (Å²) in [6.07, 6.45) is 3.54. The van der Waals surface area contributed by atoms with E-state index >= 15 is 0 Å². The van der Waals surface area contributed by atoms with E-state index in [1.165, 1.54) is 32.7 Å². The van der Waals surface area contributed by atoms with Gasteiger partial charge in [0.25, 0.3) is 0 Å². The topological polar surface area (TPSA) is 12.0 Å². The maximum Gasteiger partial charge on any atom is 0.0454 e. The van der Waals surface area contributed by atoms with Gasteiger partial charge < -0.3 is 5.32 Å². The molecule has 3 heterocycles. The Morgan fingerprint density at radius 2 is 2.15 bits per heavy atom. The van der Waals surface area contributed by atoms with Crippen LogP contribution in [-0.4, -0.2) is 6.54 Å². The lowest BCUT2D eigenvalue weighted by atomic mass is 10.1. The van der Waals surface area contributed by atoms with Crippen LogP contribution in [0.25, 0.3) is 9.40 Å². The first-order chi connectivity index (χ1) is 9.86. The minimum atomic E-state index is 0.499. The fourth-order valence-electron chi connectivity index (χ4n) is 2.37. The van der Waals surface area contributed by atoms with Crippen LogP contribution in [-0.2, 0) is 6.42 Å². The largest absolute Gasteiger partial charge is 0.309 e. The van der Waals surface area contributed by atoms with Crippen LogP contribution in [0.3, 0.4) is 0 Å². The number of hydrogen-bond acceptors (Lipinski definition) is 4. The van der Waals surface area contributed by atoms with Crippen LogP contribution in [0.4, 0.5) is 0 Å². The van der Waals surface area contributed by atoms with Crippen molar-refractivity contribution in [1.29, 1.82) is 0 Å². The van der Waals surface area contributed by atoms with Crippen molar-refractivity contribution in [3.8, 4) is 0 Å². The van der Waals surface area contributed by atoms with Crippen molar-refractivity contribution in [1.82, 2.24) is 5.32 Å². The average Bonchev–Trinajstić information content (AvgIpc) is 3.15. The zero-order valence-electron chi connectivity index (χ0n) is 11.6. The molecule has 3 aromatic rings. The summed E-state index contributed by atoms with van der Waals surface area (Å²) in [4.78, 5) is 1.50. The molecule has 106 valence electrons. The van der Waals surface area contributed by atoms with E-state index in [2.05, 4.69) is 46.6 Å². The predicted molar refractivity (Wildman–Crippen MR) is 93.4 cm³/mol. The second kappa shape index (κ2) is 6.85. The van der Waals surface area contributed by atoms with E-state index in [1.807, 2.05) is 22.7 Å². The molecule has 0 spiro atoms. The monoisotopic (exact) mass is 321 g/mol. The molecule has 0 aliphatic heterocycles. The molecular formula is C16H19NS3. The van der Waals surface area contributed by atoms with E-state index in [9.17, 15) is 0 Å². The highest BCUT2D eigenvalue weighted by Gasteiger charge is 2.14. The van der Waals surface area contributed by atoms with Crippen molar-refractivity contribution >= 4 is 43.4 Å². The number of fused-ring (bicyclic) bond motifs is 1. The molecule has 0 radical (unpaired) electrons. The molecule has 20 heavy (non-hydrogen) atoms. The molecule has 0 fully saturated rings. The highest BCUT2D eigenvalue weighted by atomic mass is 32.1. The van der Waals surface area contributed by atoms with Crippen LogP contribution >= 0.6 is 34.0 Å². The lowest BCUT2D eigenvalue weighted by Gasteiger charge is -2.16. The van der Waals surface area contributed by atoms with Crippen LogP contribution in [0.15, 0.2) is 34.3 Å². The van der Waals surface area contributed by atoms with Crippen LogP contribution in [0.2, 0.25) is 0 Å². The summed E-state index contributed by atoms with van der Waals surface area (Å²) < 4.78 is 2.87. The smallest absolute Gasteiger partial charge is 0.0454 e. The van der Waals surface area contributed by atoms with Gasteiger partial charge in [0, 0.05) is 20.3 Å². The average molecular weight is 322 g/mol. The number of aryl methyl sites for hydroxylation is 1. The fourth-order valence-corrected chi connectivity index (χ4v) is 5.30. The first-order valence-corrected chi connectivity index (χ1v) is 9.72. The van der Waals surface area contributed by atoms with Gasteiger partial charge in [-0.25, -0.2) is 0 Å². The molecule has 4 heteroatoms. The minimum absolute atomic E-state index is 0.499. The van der Waals surface area contributed by atoms with Gasteiger partial charge in [-0.1, -0.05) is 6.92 Å². The van der Waals surface area contributed by atoms with Crippen LogP contribution < -0.4 is 5.32 Å². The van der Waals surface area contributed by atoms with E-state index in [1.54, 1.807) is 11.3 Å². The van der Waals surface area contributed by atoms with E-state index in [0.29, 0.717) is 6.04 Å². The van der Waals surface area contributed by atoms with Gasteiger partial charge in [-0.05, 0) is 65.7 Å². The van der Waals surface area contributed by atoms with E-state index < -0.39 is 0 Å². The third-order valence-electron chi connectivity index (χ3n) is 3.44. The summed E-state index contributed by atoms with van der Waals surface area (Å²) in [5.41, 5.74) is 1.47.